The van der Waals surface area contributed by atoms with Crippen molar-refractivity contribution in [2.24, 2.45) is 0 Å². The molecule has 36 heavy (non-hydrogen) atoms. The number of hydrogen-bond donors (Lipinski definition) is 0. The highest BCUT2D eigenvalue weighted by Gasteiger charge is 2.28. The molecule has 0 aliphatic carbocycles. The van der Waals surface area contributed by atoms with Crippen LogP contribution in [-0.4, -0.2) is 35.2 Å². The predicted molar refractivity (Wildman–Crippen MR) is 146 cm³/mol. The molecule has 2 aromatic heterocycles. The summed E-state index contributed by atoms with van der Waals surface area (Å²) in [4.78, 5) is 16.7. The average Bonchev–Trinajstić information content (AvgIpc) is 3.43. The third-order valence-corrected chi connectivity index (χ3v) is 7.18. The first kappa shape index (κ1) is 22.5. The van der Waals surface area contributed by atoms with Gasteiger partial charge in [-0.3, -0.25) is 4.98 Å². The molecular weight excluding hydrogens is 468 g/mol. The van der Waals surface area contributed by atoms with Crippen LogP contribution in [0.2, 0.25) is 5.02 Å². The fourth-order valence-corrected chi connectivity index (χ4v) is 5.26. The van der Waals surface area contributed by atoms with Crippen molar-refractivity contribution in [3.63, 3.8) is 0 Å². The number of benzene rings is 3. The van der Waals surface area contributed by atoms with Crippen LogP contribution >= 0.6 is 11.6 Å². The van der Waals surface area contributed by atoms with Crippen molar-refractivity contribution in [2.75, 3.05) is 25.1 Å². The van der Waals surface area contributed by atoms with Crippen LogP contribution in [-0.2, 0) is 0 Å². The van der Waals surface area contributed by atoms with Gasteiger partial charge in [0.05, 0.1) is 12.6 Å². The van der Waals surface area contributed by atoms with E-state index in [1.807, 2.05) is 42.6 Å². The second-order valence-electron chi connectivity index (χ2n) is 9.03. The Kier molecular flexibility index (Phi) is 5.99. The summed E-state index contributed by atoms with van der Waals surface area (Å²) < 4.78 is 5.45. The van der Waals surface area contributed by atoms with Gasteiger partial charge in [0.15, 0.2) is 5.82 Å². The first-order valence-corrected chi connectivity index (χ1v) is 12.4. The Balaban J connectivity index is 1.46. The van der Waals surface area contributed by atoms with Gasteiger partial charge in [0, 0.05) is 47.4 Å². The van der Waals surface area contributed by atoms with Crippen LogP contribution in [0.4, 0.5) is 5.82 Å². The predicted octanol–water partition coefficient (Wildman–Crippen LogP) is 7.01. The first-order valence-electron chi connectivity index (χ1n) is 12.1. The molecule has 0 N–H and O–H groups in total. The summed E-state index contributed by atoms with van der Waals surface area (Å²) in [6, 6.07) is 26.6. The zero-order valence-corrected chi connectivity index (χ0v) is 20.7. The van der Waals surface area contributed by atoms with E-state index >= 15 is 0 Å². The maximum atomic E-state index is 6.55. The van der Waals surface area contributed by atoms with Crippen molar-refractivity contribution >= 4 is 28.3 Å². The van der Waals surface area contributed by atoms with E-state index in [0.29, 0.717) is 11.7 Å². The lowest BCUT2D eigenvalue weighted by Gasteiger charge is -2.21. The quantitative estimate of drug-likeness (QED) is 0.264. The number of methoxy groups -OCH3 is 1. The maximum absolute atomic E-state index is 6.55. The SMILES string of the molecule is COc1cccc(-c2ccc3nc(-c4cccnc4)nc(N4CCC(c5ccccc5Cl)C4)c3c2)c1. The highest BCUT2D eigenvalue weighted by molar-refractivity contribution is 6.31. The molecule has 0 bridgehead atoms. The Morgan fingerprint density at radius 2 is 1.75 bits per heavy atom. The number of hydrogen-bond acceptors (Lipinski definition) is 5. The summed E-state index contributed by atoms with van der Waals surface area (Å²) in [5.74, 6) is 2.81. The van der Waals surface area contributed by atoms with Gasteiger partial charge in [-0.25, -0.2) is 9.97 Å². The second-order valence-corrected chi connectivity index (χ2v) is 9.44. The van der Waals surface area contributed by atoms with Crippen molar-refractivity contribution in [3.8, 4) is 28.3 Å². The molecule has 1 aliphatic rings. The van der Waals surface area contributed by atoms with E-state index in [0.717, 1.165) is 63.7 Å². The highest BCUT2D eigenvalue weighted by atomic mass is 35.5. The fraction of sp³-hybridized carbons (Fsp3) is 0.167. The molecule has 1 atom stereocenters. The van der Waals surface area contributed by atoms with Crippen molar-refractivity contribution in [2.45, 2.75) is 12.3 Å². The zero-order valence-electron chi connectivity index (χ0n) is 19.9. The Labute approximate surface area is 215 Å². The summed E-state index contributed by atoms with van der Waals surface area (Å²) in [5, 5.41) is 1.86. The third kappa shape index (κ3) is 4.27. The zero-order chi connectivity index (χ0) is 24.5. The molecule has 0 saturated carbocycles. The second kappa shape index (κ2) is 9.59. The van der Waals surface area contributed by atoms with Gasteiger partial charge < -0.3 is 9.64 Å². The van der Waals surface area contributed by atoms with E-state index in [1.165, 1.54) is 5.56 Å². The summed E-state index contributed by atoms with van der Waals surface area (Å²) in [7, 11) is 1.69. The lowest BCUT2D eigenvalue weighted by Crippen LogP contribution is -2.21. The first-order chi connectivity index (χ1) is 17.7. The van der Waals surface area contributed by atoms with Crippen LogP contribution in [0.5, 0.6) is 5.75 Å². The van der Waals surface area contributed by atoms with E-state index < -0.39 is 0 Å². The number of ether oxygens (including phenoxy) is 1. The smallest absolute Gasteiger partial charge is 0.163 e. The van der Waals surface area contributed by atoms with Gasteiger partial charge >= 0.3 is 0 Å². The minimum atomic E-state index is 0.354. The molecule has 1 fully saturated rings. The number of pyridine rings is 1. The fourth-order valence-electron chi connectivity index (χ4n) is 4.97. The Bertz CT molecular complexity index is 1540. The number of nitrogens with zero attached hydrogens (tertiary/aromatic N) is 4. The number of rotatable bonds is 5. The van der Waals surface area contributed by atoms with Crippen LogP contribution in [0.1, 0.15) is 17.9 Å². The van der Waals surface area contributed by atoms with Gasteiger partial charge in [-0.2, -0.15) is 0 Å². The summed E-state index contributed by atoms with van der Waals surface area (Å²) in [6.07, 6.45) is 4.60. The van der Waals surface area contributed by atoms with Gasteiger partial charge in [-0.15, -0.1) is 0 Å². The molecule has 178 valence electrons. The Morgan fingerprint density at radius 3 is 2.58 bits per heavy atom. The average molecular weight is 493 g/mol. The Hall–Kier alpha value is -3.96. The number of halogens is 1. The minimum Gasteiger partial charge on any atom is -0.497 e. The van der Waals surface area contributed by atoms with Crippen LogP contribution in [0.25, 0.3) is 33.4 Å². The molecule has 1 aliphatic heterocycles. The van der Waals surface area contributed by atoms with Crippen molar-refractivity contribution in [1.29, 1.82) is 0 Å². The summed E-state index contributed by atoms with van der Waals surface area (Å²) >= 11 is 6.55. The number of aromatic nitrogens is 3. The van der Waals surface area contributed by atoms with Gasteiger partial charge in [-0.05, 0) is 65.6 Å². The monoisotopic (exact) mass is 492 g/mol. The molecule has 1 saturated heterocycles. The lowest BCUT2D eigenvalue weighted by molar-refractivity contribution is 0.415. The van der Waals surface area contributed by atoms with Crippen LogP contribution in [0, 0.1) is 0 Å². The highest BCUT2D eigenvalue weighted by Crippen LogP contribution is 2.38. The van der Waals surface area contributed by atoms with Crippen LogP contribution in [0.15, 0.2) is 91.3 Å². The van der Waals surface area contributed by atoms with Gasteiger partial charge in [0.2, 0.25) is 0 Å². The Morgan fingerprint density at radius 1 is 0.889 bits per heavy atom. The maximum Gasteiger partial charge on any atom is 0.163 e. The minimum absolute atomic E-state index is 0.354. The lowest BCUT2D eigenvalue weighted by atomic mass is 9.98. The normalized spacial score (nSPS) is 15.4. The van der Waals surface area contributed by atoms with Crippen LogP contribution < -0.4 is 9.64 Å². The molecule has 6 rings (SSSR count). The van der Waals surface area contributed by atoms with E-state index in [4.69, 9.17) is 26.3 Å². The van der Waals surface area contributed by atoms with Crippen molar-refractivity contribution in [3.05, 3.63) is 102 Å². The number of fused-ring (bicyclic) bond motifs is 1. The van der Waals surface area contributed by atoms with E-state index in [9.17, 15) is 0 Å². The molecule has 3 aromatic carbocycles. The van der Waals surface area contributed by atoms with E-state index in [-0.39, 0.29) is 0 Å². The molecule has 0 spiro atoms. The molecule has 3 heterocycles. The van der Waals surface area contributed by atoms with Crippen molar-refractivity contribution in [1.82, 2.24) is 15.0 Å². The van der Waals surface area contributed by atoms with Gasteiger partial charge in [0.1, 0.15) is 11.6 Å². The topological polar surface area (TPSA) is 51.1 Å². The van der Waals surface area contributed by atoms with Crippen molar-refractivity contribution < 1.29 is 4.74 Å². The van der Waals surface area contributed by atoms with E-state index in [2.05, 4.69) is 52.3 Å². The van der Waals surface area contributed by atoms with Crippen LogP contribution in [0.3, 0.4) is 0 Å². The molecule has 5 aromatic rings. The molecule has 6 heteroatoms. The third-order valence-electron chi connectivity index (χ3n) is 6.83. The molecule has 5 nitrogen and oxygen atoms in total. The summed E-state index contributed by atoms with van der Waals surface area (Å²) in [5.41, 5.74) is 5.20. The molecular formula is C30H25ClN4O. The summed E-state index contributed by atoms with van der Waals surface area (Å²) in [6.45, 7) is 1.75. The van der Waals surface area contributed by atoms with Gasteiger partial charge in [-0.1, -0.05) is 48.0 Å². The number of anilines is 1. The largest absolute Gasteiger partial charge is 0.497 e. The molecule has 0 radical (unpaired) electrons. The molecule has 0 amide bonds. The van der Waals surface area contributed by atoms with Gasteiger partial charge in [0.25, 0.3) is 0 Å². The standard InChI is InChI=1S/C30H25ClN4O/c1-36-24-8-4-6-20(16-24)21-11-12-28-26(17-21)30(34-29(33-28)22-7-5-14-32-18-22)35-15-13-23(19-35)25-9-2-3-10-27(25)31/h2-12,14,16-18,23H,13,15,19H2,1H3. The van der Waals surface area contributed by atoms with E-state index in [1.54, 1.807) is 13.3 Å². The molecule has 1 unspecified atom stereocenters.